The molecule has 88 valence electrons. The van der Waals surface area contributed by atoms with Crippen LogP contribution in [0.2, 0.25) is 0 Å². The van der Waals surface area contributed by atoms with Crippen LogP contribution in [0.4, 0.5) is 4.39 Å². The molecule has 15 heavy (non-hydrogen) atoms. The van der Waals surface area contributed by atoms with E-state index in [4.69, 9.17) is 0 Å². The lowest BCUT2D eigenvalue weighted by Crippen LogP contribution is -1.87. The van der Waals surface area contributed by atoms with Crippen LogP contribution >= 0.6 is 0 Å². The first-order valence-electron chi connectivity index (χ1n) is 6.24. The van der Waals surface area contributed by atoms with E-state index in [0.29, 0.717) is 0 Å². The van der Waals surface area contributed by atoms with Crippen LogP contribution in [0.15, 0.2) is 24.1 Å². The van der Waals surface area contributed by atoms with Crippen LogP contribution in [0.3, 0.4) is 0 Å². The smallest absolute Gasteiger partial charge is 0.116 e. The molecule has 0 aliphatic heterocycles. The summed E-state index contributed by atoms with van der Waals surface area (Å²) in [7, 11) is 0. The van der Waals surface area contributed by atoms with E-state index in [2.05, 4.69) is 20.4 Å². The molecule has 0 N–H and O–H groups in total. The third kappa shape index (κ3) is 9.71. The first-order valence-corrected chi connectivity index (χ1v) is 6.24. The number of allylic oxidation sites excluding steroid dienone is 3. The second-order valence-electron chi connectivity index (χ2n) is 4.16. The maximum atomic E-state index is 12.7. The van der Waals surface area contributed by atoms with E-state index in [0.717, 1.165) is 12.8 Å². The third-order valence-corrected chi connectivity index (χ3v) is 2.56. The van der Waals surface area contributed by atoms with Crippen LogP contribution in [0, 0.1) is 0 Å². The van der Waals surface area contributed by atoms with Crippen LogP contribution < -0.4 is 0 Å². The minimum atomic E-state index is -0.294. The largest absolute Gasteiger partial charge is 0.208 e. The van der Waals surface area contributed by atoms with Crippen molar-refractivity contribution in [3.8, 4) is 0 Å². The second kappa shape index (κ2) is 9.95. The van der Waals surface area contributed by atoms with E-state index in [1.807, 2.05) is 0 Å². The van der Waals surface area contributed by atoms with Gasteiger partial charge in [-0.3, -0.25) is 0 Å². The second-order valence-corrected chi connectivity index (χ2v) is 4.16. The Morgan fingerprint density at radius 1 is 1.00 bits per heavy atom. The van der Waals surface area contributed by atoms with Crippen molar-refractivity contribution >= 4 is 0 Å². The van der Waals surface area contributed by atoms with Gasteiger partial charge >= 0.3 is 0 Å². The molecule has 0 nitrogen and oxygen atoms in total. The Labute approximate surface area is 94.3 Å². The Morgan fingerprint density at radius 2 is 1.47 bits per heavy atom. The fraction of sp³-hybridized carbons (Fsp3) is 0.714. The lowest BCUT2D eigenvalue weighted by Gasteiger charge is -2.06. The van der Waals surface area contributed by atoms with Gasteiger partial charge in [-0.05, 0) is 31.8 Å². The lowest BCUT2D eigenvalue weighted by atomic mass is 10.0. The molecule has 0 unspecified atom stereocenters. The fourth-order valence-electron chi connectivity index (χ4n) is 1.69. The Morgan fingerprint density at radius 3 is 1.80 bits per heavy atom. The van der Waals surface area contributed by atoms with Crippen molar-refractivity contribution < 1.29 is 4.39 Å². The first kappa shape index (κ1) is 14.4. The number of hydrogen-bond acceptors (Lipinski definition) is 0. The maximum absolute atomic E-state index is 12.7. The summed E-state index contributed by atoms with van der Waals surface area (Å²) >= 11 is 0. The average molecular weight is 212 g/mol. The molecule has 0 heterocycles. The molecule has 0 atom stereocenters. The van der Waals surface area contributed by atoms with E-state index in [1.165, 1.54) is 44.1 Å². The van der Waals surface area contributed by atoms with Gasteiger partial charge in [-0.25, -0.2) is 4.39 Å². The monoisotopic (exact) mass is 212 g/mol. The van der Waals surface area contributed by atoms with Crippen molar-refractivity contribution in [3.05, 3.63) is 24.1 Å². The van der Waals surface area contributed by atoms with E-state index >= 15 is 0 Å². The predicted molar refractivity (Wildman–Crippen MR) is 66.6 cm³/mol. The topological polar surface area (TPSA) is 0 Å². The van der Waals surface area contributed by atoms with Gasteiger partial charge in [-0.2, -0.15) is 0 Å². The van der Waals surface area contributed by atoms with Gasteiger partial charge in [0.05, 0.1) is 0 Å². The van der Waals surface area contributed by atoms with Gasteiger partial charge in [0.15, 0.2) is 0 Å². The zero-order valence-corrected chi connectivity index (χ0v) is 10.3. The molecule has 0 saturated heterocycles. The average Bonchev–Trinajstić information content (AvgIpc) is 2.17. The molecule has 0 bridgehead atoms. The highest BCUT2D eigenvalue weighted by Crippen LogP contribution is 2.18. The summed E-state index contributed by atoms with van der Waals surface area (Å²) in [6, 6.07) is 0. The minimum Gasteiger partial charge on any atom is -0.208 e. The molecule has 0 aromatic rings. The molecule has 1 heteroatoms. The highest BCUT2D eigenvalue weighted by atomic mass is 19.1. The van der Waals surface area contributed by atoms with Gasteiger partial charge in [-0.1, -0.05) is 51.7 Å². The lowest BCUT2D eigenvalue weighted by molar-refractivity contribution is 0.640. The quantitative estimate of drug-likeness (QED) is 0.347. The summed E-state index contributed by atoms with van der Waals surface area (Å²) in [5.74, 6) is -0.294. The number of halogens is 1. The van der Waals surface area contributed by atoms with Crippen molar-refractivity contribution in [3.63, 3.8) is 0 Å². The molecule has 0 aliphatic carbocycles. The Bertz CT molecular complexity index is 180. The molecule has 0 spiro atoms. The van der Waals surface area contributed by atoms with Crippen molar-refractivity contribution in [2.45, 2.75) is 65.2 Å². The van der Waals surface area contributed by atoms with Crippen LogP contribution in [-0.2, 0) is 0 Å². The van der Waals surface area contributed by atoms with Gasteiger partial charge in [0.2, 0.25) is 0 Å². The van der Waals surface area contributed by atoms with Crippen molar-refractivity contribution in [1.29, 1.82) is 0 Å². The van der Waals surface area contributed by atoms with E-state index in [9.17, 15) is 4.39 Å². The van der Waals surface area contributed by atoms with Crippen LogP contribution in [-0.4, -0.2) is 0 Å². The van der Waals surface area contributed by atoms with Crippen LogP contribution in [0.25, 0.3) is 0 Å². The molecular formula is C14H25F. The highest BCUT2D eigenvalue weighted by Gasteiger charge is 1.99. The molecular weight excluding hydrogens is 187 g/mol. The third-order valence-electron chi connectivity index (χ3n) is 2.56. The summed E-state index contributed by atoms with van der Waals surface area (Å²) in [5.41, 5.74) is 1.24. The molecule has 0 aliphatic rings. The van der Waals surface area contributed by atoms with Gasteiger partial charge in [-0.15, -0.1) is 0 Å². The van der Waals surface area contributed by atoms with Gasteiger partial charge in [0.1, 0.15) is 5.83 Å². The van der Waals surface area contributed by atoms with Gasteiger partial charge in [0.25, 0.3) is 0 Å². The Kier molecular flexibility index (Phi) is 9.55. The summed E-state index contributed by atoms with van der Waals surface area (Å²) in [6.07, 6.45) is 11.0. The zero-order valence-electron chi connectivity index (χ0n) is 10.3. The summed E-state index contributed by atoms with van der Waals surface area (Å²) in [4.78, 5) is 0. The number of unbranched alkanes of at least 4 members (excludes halogenated alkanes) is 4. The molecule has 0 radical (unpaired) electrons. The molecule has 0 aromatic carbocycles. The SMILES string of the molecule is C=C(F)C=C(CCCCC)CCCCC. The maximum Gasteiger partial charge on any atom is 0.116 e. The minimum absolute atomic E-state index is 0.294. The normalized spacial score (nSPS) is 10.1. The van der Waals surface area contributed by atoms with Crippen molar-refractivity contribution in [1.82, 2.24) is 0 Å². The molecule has 0 amide bonds. The fourth-order valence-corrected chi connectivity index (χ4v) is 1.69. The van der Waals surface area contributed by atoms with Crippen molar-refractivity contribution in [2.75, 3.05) is 0 Å². The van der Waals surface area contributed by atoms with E-state index in [1.54, 1.807) is 6.08 Å². The number of hydrogen-bond donors (Lipinski definition) is 0. The van der Waals surface area contributed by atoms with E-state index < -0.39 is 0 Å². The predicted octanol–water partition coefficient (Wildman–Crippen LogP) is 5.56. The summed E-state index contributed by atoms with van der Waals surface area (Å²) in [6.45, 7) is 7.69. The first-order chi connectivity index (χ1) is 7.20. The molecule has 0 fully saturated rings. The molecule has 0 rings (SSSR count). The van der Waals surface area contributed by atoms with Crippen molar-refractivity contribution in [2.24, 2.45) is 0 Å². The standard InChI is InChI=1S/C14H25F/c1-4-6-8-10-14(12-13(3)15)11-9-7-5-2/h12H,3-11H2,1-2H3. The van der Waals surface area contributed by atoms with Crippen LogP contribution in [0.5, 0.6) is 0 Å². The summed E-state index contributed by atoms with van der Waals surface area (Å²) < 4.78 is 12.7. The summed E-state index contributed by atoms with van der Waals surface area (Å²) in [5, 5.41) is 0. The van der Waals surface area contributed by atoms with Gasteiger partial charge < -0.3 is 0 Å². The number of rotatable bonds is 9. The Balaban J connectivity index is 3.90. The molecule has 0 aromatic heterocycles. The van der Waals surface area contributed by atoms with Crippen LogP contribution in [0.1, 0.15) is 65.2 Å². The molecule has 0 saturated carbocycles. The van der Waals surface area contributed by atoms with Gasteiger partial charge in [0, 0.05) is 0 Å². The zero-order chi connectivity index (χ0) is 11.5. The highest BCUT2D eigenvalue weighted by molar-refractivity contribution is 5.15. The van der Waals surface area contributed by atoms with E-state index in [-0.39, 0.29) is 5.83 Å². The Hall–Kier alpha value is -0.590.